The van der Waals surface area contributed by atoms with Crippen molar-refractivity contribution in [2.75, 3.05) is 11.9 Å². The topological polar surface area (TPSA) is 32.3 Å². The maximum absolute atomic E-state index is 12.5. The summed E-state index contributed by atoms with van der Waals surface area (Å²) in [5.74, 6) is 0.629. The Hall–Kier alpha value is -1.23. The van der Waals surface area contributed by atoms with Gasteiger partial charge in [0.05, 0.1) is 12.2 Å². The van der Waals surface area contributed by atoms with Gasteiger partial charge in [0.15, 0.2) is 0 Å². The van der Waals surface area contributed by atoms with Crippen molar-refractivity contribution in [1.29, 1.82) is 0 Å². The minimum Gasteiger partial charge on any atom is -0.392 e. The number of aliphatic hydroxyl groups is 1. The fraction of sp³-hybridized carbons (Fsp3) is 0.500. The van der Waals surface area contributed by atoms with Crippen molar-refractivity contribution in [2.24, 2.45) is 5.92 Å². The van der Waals surface area contributed by atoms with Crippen molar-refractivity contribution >= 4 is 5.69 Å². The molecule has 2 rings (SSSR count). The van der Waals surface area contributed by atoms with Crippen molar-refractivity contribution in [3.63, 3.8) is 0 Å². The Kier molecular flexibility index (Phi) is 3.28. The van der Waals surface area contributed by atoms with Gasteiger partial charge in [-0.05, 0) is 37.0 Å². The summed E-state index contributed by atoms with van der Waals surface area (Å²) in [5.41, 5.74) is 0.159. The molecule has 0 atom stereocenters. The highest BCUT2D eigenvalue weighted by Gasteiger charge is 2.31. The Labute approximate surface area is 97.5 Å². The Morgan fingerprint density at radius 2 is 2.00 bits per heavy atom. The first-order valence-electron chi connectivity index (χ1n) is 5.55. The van der Waals surface area contributed by atoms with Gasteiger partial charge in [-0.25, -0.2) is 0 Å². The van der Waals surface area contributed by atoms with Gasteiger partial charge in [-0.2, -0.15) is 13.2 Å². The van der Waals surface area contributed by atoms with Crippen LogP contribution >= 0.6 is 0 Å². The lowest BCUT2D eigenvalue weighted by atomic mass is 10.1. The Balaban J connectivity index is 2.15. The number of aliphatic hydroxyl groups excluding tert-OH is 1. The average molecular weight is 245 g/mol. The quantitative estimate of drug-likeness (QED) is 0.854. The second-order valence-corrected chi connectivity index (χ2v) is 4.35. The second kappa shape index (κ2) is 4.56. The van der Waals surface area contributed by atoms with Crippen LogP contribution in [0.15, 0.2) is 18.2 Å². The van der Waals surface area contributed by atoms with Gasteiger partial charge in [-0.3, -0.25) is 0 Å². The summed E-state index contributed by atoms with van der Waals surface area (Å²) in [6.45, 7) is 0.370. The molecule has 1 aromatic carbocycles. The van der Waals surface area contributed by atoms with Crippen LogP contribution in [0, 0.1) is 5.92 Å². The third-order valence-electron chi connectivity index (χ3n) is 2.88. The number of nitrogens with one attached hydrogen (secondary N) is 1. The number of hydrogen-bond donors (Lipinski definition) is 2. The van der Waals surface area contributed by atoms with E-state index in [1.54, 1.807) is 0 Å². The van der Waals surface area contributed by atoms with Crippen LogP contribution < -0.4 is 5.32 Å². The van der Waals surface area contributed by atoms with Crippen LogP contribution in [0.4, 0.5) is 18.9 Å². The smallest absolute Gasteiger partial charge is 0.392 e. The van der Waals surface area contributed by atoms with Crippen molar-refractivity contribution in [1.82, 2.24) is 0 Å². The first kappa shape index (κ1) is 12.2. The fourth-order valence-corrected chi connectivity index (χ4v) is 1.65. The number of hydrogen-bond acceptors (Lipinski definition) is 2. The van der Waals surface area contributed by atoms with Crippen LogP contribution in [0.2, 0.25) is 0 Å². The SMILES string of the molecule is OCc1cc(C(F)(F)F)ccc1NCC1CC1. The van der Waals surface area contributed by atoms with Crippen LogP contribution in [0.1, 0.15) is 24.0 Å². The standard InChI is InChI=1S/C12H14F3NO/c13-12(14,15)10-3-4-11(9(5-10)7-17)16-6-8-1-2-8/h3-5,8,16-17H,1-2,6-7H2. The lowest BCUT2D eigenvalue weighted by molar-refractivity contribution is -0.137. The van der Waals surface area contributed by atoms with Crippen molar-refractivity contribution in [3.05, 3.63) is 29.3 Å². The van der Waals surface area contributed by atoms with Gasteiger partial charge in [-0.15, -0.1) is 0 Å². The minimum absolute atomic E-state index is 0.292. The molecule has 1 aromatic rings. The summed E-state index contributed by atoms with van der Waals surface area (Å²) in [6, 6.07) is 3.42. The first-order chi connectivity index (χ1) is 8.00. The summed E-state index contributed by atoms with van der Waals surface area (Å²) in [4.78, 5) is 0. The number of alkyl halides is 3. The molecule has 94 valence electrons. The molecule has 17 heavy (non-hydrogen) atoms. The Bertz CT molecular complexity index is 399. The zero-order chi connectivity index (χ0) is 12.5. The molecule has 0 radical (unpaired) electrons. The van der Waals surface area contributed by atoms with Crippen LogP contribution in [0.5, 0.6) is 0 Å². The average Bonchev–Trinajstić information content (AvgIpc) is 3.08. The maximum Gasteiger partial charge on any atom is 0.416 e. The molecule has 0 spiro atoms. The molecule has 0 unspecified atom stereocenters. The molecule has 0 aliphatic heterocycles. The molecule has 1 fully saturated rings. The van der Waals surface area contributed by atoms with E-state index < -0.39 is 18.3 Å². The molecule has 1 aliphatic rings. The number of anilines is 1. The van der Waals surface area contributed by atoms with Crippen LogP contribution in [0.3, 0.4) is 0 Å². The molecule has 0 heterocycles. The highest BCUT2D eigenvalue weighted by Crippen LogP contribution is 2.33. The predicted octanol–water partition coefficient (Wildman–Crippen LogP) is 3.02. The van der Waals surface area contributed by atoms with Crippen molar-refractivity contribution < 1.29 is 18.3 Å². The van der Waals surface area contributed by atoms with Crippen molar-refractivity contribution in [3.8, 4) is 0 Å². The molecule has 0 saturated heterocycles. The van der Waals surface area contributed by atoms with E-state index in [1.807, 2.05) is 0 Å². The summed E-state index contributed by atoms with van der Waals surface area (Å²) in [5, 5.41) is 12.2. The zero-order valence-electron chi connectivity index (χ0n) is 9.22. The van der Waals surface area contributed by atoms with Crippen LogP contribution in [0.25, 0.3) is 0 Å². The number of rotatable bonds is 4. The summed E-state index contributed by atoms with van der Waals surface area (Å²) in [7, 11) is 0. The Morgan fingerprint density at radius 3 is 2.53 bits per heavy atom. The molecule has 2 N–H and O–H groups in total. The molecule has 0 amide bonds. The predicted molar refractivity (Wildman–Crippen MR) is 58.6 cm³/mol. The molecule has 5 heteroatoms. The van der Waals surface area contributed by atoms with Crippen LogP contribution in [-0.4, -0.2) is 11.7 Å². The van der Waals surface area contributed by atoms with Gasteiger partial charge in [0.2, 0.25) is 0 Å². The largest absolute Gasteiger partial charge is 0.416 e. The van der Waals surface area contributed by atoms with Gasteiger partial charge in [0.25, 0.3) is 0 Å². The Morgan fingerprint density at radius 1 is 1.29 bits per heavy atom. The number of halogens is 3. The maximum atomic E-state index is 12.5. The number of benzene rings is 1. The molecular weight excluding hydrogens is 231 g/mol. The van der Waals surface area contributed by atoms with Crippen LogP contribution in [-0.2, 0) is 12.8 Å². The minimum atomic E-state index is -4.36. The fourth-order valence-electron chi connectivity index (χ4n) is 1.65. The molecule has 2 nitrogen and oxygen atoms in total. The first-order valence-corrected chi connectivity index (χ1v) is 5.55. The van der Waals surface area contributed by atoms with Gasteiger partial charge in [0, 0.05) is 17.8 Å². The van der Waals surface area contributed by atoms with E-state index in [9.17, 15) is 13.2 Å². The lowest BCUT2D eigenvalue weighted by Crippen LogP contribution is -2.09. The second-order valence-electron chi connectivity index (χ2n) is 4.35. The van der Waals surface area contributed by atoms with E-state index in [1.165, 1.54) is 18.9 Å². The van der Waals surface area contributed by atoms with E-state index in [0.29, 0.717) is 17.2 Å². The van der Waals surface area contributed by atoms with E-state index in [-0.39, 0.29) is 0 Å². The zero-order valence-corrected chi connectivity index (χ0v) is 9.22. The molecule has 0 bridgehead atoms. The van der Waals surface area contributed by atoms with Gasteiger partial charge >= 0.3 is 6.18 Å². The third-order valence-corrected chi connectivity index (χ3v) is 2.88. The van der Waals surface area contributed by atoms with Gasteiger partial charge < -0.3 is 10.4 Å². The summed E-state index contributed by atoms with van der Waals surface area (Å²) < 4.78 is 37.4. The monoisotopic (exact) mass is 245 g/mol. The van der Waals surface area contributed by atoms with E-state index >= 15 is 0 Å². The van der Waals surface area contributed by atoms with Gasteiger partial charge in [-0.1, -0.05) is 0 Å². The normalized spacial score (nSPS) is 16.0. The molecule has 1 saturated carbocycles. The third kappa shape index (κ3) is 3.12. The van der Waals surface area contributed by atoms with Crippen molar-refractivity contribution in [2.45, 2.75) is 25.6 Å². The molecule has 0 aromatic heterocycles. The van der Waals surface area contributed by atoms with E-state index in [0.717, 1.165) is 18.7 Å². The highest BCUT2D eigenvalue weighted by atomic mass is 19.4. The highest BCUT2D eigenvalue weighted by molar-refractivity contribution is 5.53. The lowest BCUT2D eigenvalue weighted by Gasteiger charge is -2.13. The summed E-state index contributed by atoms with van der Waals surface area (Å²) >= 11 is 0. The molecular formula is C12H14F3NO. The van der Waals surface area contributed by atoms with Gasteiger partial charge in [0.1, 0.15) is 0 Å². The van der Waals surface area contributed by atoms with E-state index in [2.05, 4.69) is 5.32 Å². The molecule has 1 aliphatic carbocycles. The van der Waals surface area contributed by atoms with E-state index in [4.69, 9.17) is 5.11 Å². The summed E-state index contributed by atoms with van der Waals surface area (Å²) in [6.07, 6.45) is -2.02.